The van der Waals surface area contributed by atoms with E-state index >= 15 is 0 Å². The molecule has 1 aliphatic heterocycles. The zero-order valence-corrected chi connectivity index (χ0v) is 12.4. The summed E-state index contributed by atoms with van der Waals surface area (Å²) in [6.07, 6.45) is -0.371. The molecule has 0 spiro atoms. The molecule has 21 heavy (non-hydrogen) atoms. The lowest BCUT2D eigenvalue weighted by Crippen LogP contribution is -2.40. The Morgan fingerprint density at radius 2 is 2.05 bits per heavy atom. The van der Waals surface area contributed by atoms with Crippen LogP contribution in [0.25, 0.3) is 0 Å². The molecule has 1 aromatic carbocycles. The molecule has 2 N–H and O–H groups in total. The van der Waals surface area contributed by atoms with E-state index in [2.05, 4.69) is 11.8 Å². The summed E-state index contributed by atoms with van der Waals surface area (Å²) >= 11 is 0. The summed E-state index contributed by atoms with van der Waals surface area (Å²) in [5.74, 6) is 0. The summed E-state index contributed by atoms with van der Waals surface area (Å²) in [4.78, 5) is 2.24. The van der Waals surface area contributed by atoms with Crippen LogP contribution in [0.15, 0.2) is 24.3 Å². The largest absolute Gasteiger partial charge is 0.416 e. The zero-order valence-electron chi connectivity index (χ0n) is 12.4. The summed E-state index contributed by atoms with van der Waals surface area (Å²) in [6, 6.07) is 5.42. The standard InChI is InChI=1S/C16H23F3N2/c1-2-9-21-10-4-3-8-14(20)15(21)12-6-5-7-13(11-12)16(17,18)19/h5-7,11,14-15H,2-4,8-10,20H2,1H3. The fourth-order valence-electron chi connectivity index (χ4n) is 3.16. The van der Waals surface area contributed by atoms with Crippen molar-refractivity contribution in [3.05, 3.63) is 35.4 Å². The number of rotatable bonds is 3. The Bertz CT molecular complexity index is 459. The van der Waals surface area contributed by atoms with Gasteiger partial charge in [0.05, 0.1) is 5.56 Å². The Labute approximate surface area is 124 Å². The van der Waals surface area contributed by atoms with Crippen molar-refractivity contribution < 1.29 is 13.2 Å². The lowest BCUT2D eigenvalue weighted by Gasteiger charge is -2.34. The van der Waals surface area contributed by atoms with Gasteiger partial charge in [-0.05, 0) is 50.0 Å². The van der Waals surface area contributed by atoms with Gasteiger partial charge >= 0.3 is 6.18 Å². The molecule has 0 amide bonds. The molecule has 0 radical (unpaired) electrons. The molecule has 1 fully saturated rings. The SMILES string of the molecule is CCCN1CCCCC(N)C1c1cccc(C(F)(F)F)c1. The maximum Gasteiger partial charge on any atom is 0.416 e. The minimum absolute atomic E-state index is 0.109. The molecule has 0 aromatic heterocycles. The fraction of sp³-hybridized carbons (Fsp3) is 0.625. The molecule has 118 valence electrons. The molecule has 0 bridgehead atoms. The second-order valence-corrected chi connectivity index (χ2v) is 5.76. The Balaban J connectivity index is 2.34. The van der Waals surface area contributed by atoms with Crippen LogP contribution in [0, 0.1) is 0 Å². The van der Waals surface area contributed by atoms with Gasteiger partial charge in [0.2, 0.25) is 0 Å². The predicted octanol–water partition coefficient (Wildman–Crippen LogP) is 3.97. The van der Waals surface area contributed by atoms with Crippen LogP contribution in [-0.4, -0.2) is 24.0 Å². The van der Waals surface area contributed by atoms with Crippen LogP contribution in [0.2, 0.25) is 0 Å². The van der Waals surface area contributed by atoms with Crippen LogP contribution < -0.4 is 5.73 Å². The van der Waals surface area contributed by atoms with Crippen LogP contribution in [0.1, 0.15) is 49.8 Å². The Morgan fingerprint density at radius 1 is 1.29 bits per heavy atom. The lowest BCUT2D eigenvalue weighted by molar-refractivity contribution is -0.137. The van der Waals surface area contributed by atoms with E-state index in [0.717, 1.165) is 44.8 Å². The molecule has 0 saturated carbocycles. The van der Waals surface area contributed by atoms with Crippen molar-refractivity contribution in [3.8, 4) is 0 Å². The highest BCUT2D eigenvalue weighted by atomic mass is 19.4. The van der Waals surface area contributed by atoms with Gasteiger partial charge in [-0.15, -0.1) is 0 Å². The second-order valence-electron chi connectivity index (χ2n) is 5.76. The molecule has 2 unspecified atom stereocenters. The molecular formula is C16H23F3N2. The third-order valence-corrected chi connectivity index (χ3v) is 4.10. The Hall–Kier alpha value is -1.07. The first-order chi connectivity index (χ1) is 9.93. The molecule has 1 aromatic rings. The minimum atomic E-state index is -4.31. The van der Waals surface area contributed by atoms with Crippen molar-refractivity contribution in [2.45, 2.75) is 50.9 Å². The number of nitrogens with two attached hydrogens (primary N) is 1. The number of hydrogen-bond acceptors (Lipinski definition) is 2. The van der Waals surface area contributed by atoms with Gasteiger partial charge in [0, 0.05) is 12.1 Å². The maximum absolute atomic E-state index is 12.9. The second kappa shape index (κ2) is 6.79. The summed E-state index contributed by atoms with van der Waals surface area (Å²) in [6.45, 7) is 3.86. The molecular weight excluding hydrogens is 277 g/mol. The molecule has 0 aliphatic carbocycles. The summed E-state index contributed by atoms with van der Waals surface area (Å²) in [7, 11) is 0. The Kier molecular flexibility index (Phi) is 5.27. The topological polar surface area (TPSA) is 29.3 Å². The number of halogens is 3. The molecule has 2 nitrogen and oxygen atoms in total. The summed E-state index contributed by atoms with van der Waals surface area (Å²) in [5.41, 5.74) is 6.37. The van der Waals surface area contributed by atoms with E-state index in [4.69, 9.17) is 5.73 Å². The van der Waals surface area contributed by atoms with Gasteiger partial charge in [-0.3, -0.25) is 4.90 Å². The quantitative estimate of drug-likeness (QED) is 0.915. The van der Waals surface area contributed by atoms with Crippen molar-refractivity contribution in [1.29, 1.82) is 0 Å². The third kappa shape index (κ3) is 3.98. The van der Waals surface area contributed by atoms with E-state index in [1.54, 1.807) is 6.07 Å². The smallest absolute Gasteiger partial charge is 0.326 e. The van der Waals surface area contributed by atoms with Crippen molar-refractivity contribution >= 4 is 0 Å². The molecule has 1 saturated heterocycles. The van der Waals surface area contributed by atoms with Crippen LogP contribution in [0.3, 0.4) is 0 Å². The van der Waals surface area contributed by atoms with Gasteiger partial charge in [0.15, 0.2) is 0 Å². The molecule has 1 aliphatic rings. The zero-order chi connectivity index (χ0) is 15.5. The molecule has 2 atom stereocenters. The van der Waals surface area contributed by atoms with Crippen molar-refractivity contribution in [3.63, 3.8) is 0 Å². The van der Waals surface area contributed by atoms with E-state index in [0.29, 0.717) is 5.56 Å². The number of nitrogens with zero attached hydrogens (tertiary/aromatic N) is 1. The highest BCUT2D eigenvalue weighted by Gasteiger charge is 2.33. The Morgan fingerprint density at radius 3 is 2.71 bits per heavy atom. The number of likely N-dealkylation sites (tertiary alicyclic amines) is 1. The minimum Gasteiger partial charge on any atom is -0.326 e. The van der Waals surface area contributed by atoms with E-state index < -0.39 is 11.7 Å². The van der Waals surface area contributed by atoms with Crippen LogP contribution >= 0.6 is 0 Å². The van der Waals surface area contributed by atoms with Crippen molar-refractivity contribution in [2.75, 3.05) is 13.1 Å². The molecule has 2 rings (SSSR count). The summed E-state index contributed by atoms with van der Waals surface area (Å²) in [5, 5.41) is 0. The van der Waals surface area contributed by atoms with Gasteiger partial charge < -0.3 is 5.73 Å². The average Bonchev–Trinajstić information content (AvgIpc) is 2.60. The molecule has 1 heterocycles. The van der Waals surface area contributed by atoms with E-state index in [9.17, 15) is 13.2 Å². The maximum atomic E-state index is 12.9. The monoisotopic (exact) mass is 300 g/mol. The van der Waals surface area contributed by atoms with Crippen LogP contribution in [0.5, 0.6) is 0 Å². The number of hydrogen-bond donors (Lipinski definition) is 1. The first kappa shape index (κ1) is 16.3. The average molecular weight is 300 g/mol. The van der Waals surface area contributed by atoms with Gasteiger partial charge in [-0.1, -0.05) is 25.5 Å². The van der Waals surface area contributed by atoms with E-state index in [-0.39, 0.29) is 12.1 Å². The predicted molar refractivity (Wildman–Crippen MR) is 77.9 cm³/mol. The highest BCUT2D eigenvalue weighted by Crippen LogP contribution is 2.34. The fourth-order valence-corrected chi connectivity index (χ4v) is 3.16. The number of benzene rings is 1. The van der Waals surface area contributed by atoms with Crippen molar-refractivity contribution in [2.24, 2.45) is 5.73 Å². The normalized spacial score (nSPS) is 24.8. The van der Waals surface area contributed by atoms with E-state index in [1.807, 2.05) is 0 Å². The summed E-state index contributed by atoms with van der Waals surface area (Å²) < 4.78 is 38.7. The van der Waals surface area contributed by atoms with Crippen molar-refractivity contribution in [1.82, 2.24) is 4.90 Å². The van der Waals surface area contributed by atoms with Gasteiger partial charge in [-0.25, -0.2) is 0 Å². The first-order valence-corrected chi connectivity index (χ1v) is 7.60. The van der Waals surface area contributed by atoms with Gasteiger partial charge in [-0.2, -0.15) is 13.2 Å². The van der Waals surface area contributed by atoms with Crippen LogP contribution in [0.4, 0.5) is 13.2 Å². The number of alkyl halides is 3. The van der Waals surface area contributed by atoms with Gasteiger partial charge in [0.1, 0.15) is 0 Å². The third-order valence-electron chi connectivity index (χ3n) is 4.10. The van der Waals surface area contributed by atoms with Gasteiger partial charge in [0.25, 0.3) is 0 Å². The van der Waals surface area contributed by atoms with Crippen LogP contribution in [-0.2, 0) is 6.18 Å². The van der Waals surface area contributed by atoms with E-state index in [1.165, 1.54) is 12.1 Å². The lowest BCUT2D eigenvalue weighted by atomic mass is 9.94. The molecule has 5 heteroatoms. The highest BCUT2D eigenvalue weighted by molar-refractivity contribution is 5.29. The first-order valence-electron chi connectivity index (χ1n) is 7.60.